The fourth-order valence-electron chi connectivity index (χ4n) is 1.49. The average Bonchev–Trinajstić information content (AvgIpc) is 2.38. The topological polar surface area (TPSA) is 104 Å². The van der Waals surface area contributed by atoms with Gasteiger partial charge in [0, 0.05) is 18.7 Å². The molecule has 0 aliphatic heterocycles. The number of urea groups is 1. The molecule has 1 rings (SSSR count). The van der Waals surface area contributed by atoms with E-state index in [9.17, 15) is 9.59 Å². The first-order valence-electron chi connectivity index (χ1n) is 6.17. The molecule has 0 aliphatic carbocycles. The molecule has 104 valence electrons. The molecule has 0 spiro atoms. The summed E-state index contributed by atoms with van der Waals surface area (Å²) in [7, 11) is 0. The van der Waals surface area contributed by atoms with Gasteiger partial charge in [0.25, 0.3) is 0 Å². The highest BCUT2D eigenvalue weighted by Crippen LogP contribution is 2.10. The maximum absolute atomic E-state index is 11.4. The zero-order valence-corrected chi connectivity index (χ0v) is 10.7. The summed E-state index contributed by atoms with van der Waals surface area (Å²) in [5, 5.41) is 13.9. The summed E-state index contributed by atoms with van der Waals surface area (Å²) in [6, 6.07) is 6.84. The van der Waals surface area contributed by atoms with Crippen LogP contribution in [0.1, 0.15) is 18.4 Å². The van der Waals surface area contributed by atoms with Crippen LogP contribution in [0.3, 0.4) is 0 Å². The molecule has 1 aromatic carbocycles. The zero-order valence-electron chi connectivity index (χ0n) is 10.7. The van der Waals surface area contributed by atoms with Gasteiger partial charge in [0.05, 0.1) is 0 Å². The number of hydrogen-bond acceptors (Lipinski definition) is 3. The highest BCUT2D eigenvalue weighted by Gasteiger charge is 2.02. The molecule has 2 amide bonds. The SMILES string of the molecule is NCCCNC(=O)Nc1ccc(CCC(=O)O)cc1. The molecule has 5 N–H and O–H groups in total. The quantitative estimate of drug-likeness (QED) is 0.555. The Morgan fingerprint density at radius 2 is 1.89 bits per heavy atom. The minimum atomic E-state index is -0.818. The van der Waals surface area contributed by atoms with Gasteiger partial charge < -0.3 is 21.5 Å². The highest BCUT2D eigenvalue weighted by atomic mass is 16.4. The van der Waals surface area contributed by atoms with Crippen LogP contribution in [-0.2, 0) is 11.2 Å². The Balaban J connectivity index is 2.39. The van der Waals surface area contributed by atoms with E-state index >= 15 is 0 Å². The number of rotatable bonds is 7. The van der Waals surface area contributed by atoms with Gasteiger partial charge in [0.1, 0.15) is 0 Å². The lowest BCUT2D eigenvalue weighted by atomic mass is 10.1. The largest absolute Gasteiger partial charge is 0.481 e. The lowest BCUT2D eigenvalue weighted by Crippen LogP contribution is -2.30. The average molecular weight is 265 g/mol. The Morgan fingerprint density at radius 1 is 1.21 bits per heavy atom. The first-order chi connectivity index (χ1) is 9.11. The molecule has 0 heterocycles. The van der Waals surface area contributed by atoms with Gasteiger partial charge in [0.2, 0.25) is 0 Å². The number of carbonyl (C=O) groups is 2. The van der Waals surface area contributed by atoms with Crippen molar-refractivity contribution in [3.8, 4) is 0 Å². The van der Waals surface area contributed by atoms with E-state index in [1.807, 2.05) is 0 Å². The van der Waals surface area contributed by atoms with Crippen LogP contribution < -0.4 is 16.4 Å². The molecule has 0 unspecified atom stereocenters. The summed E-state index contributed by atoms with van der Waals surface area (Å²) in [6.07, 6.45) is 1.33. The van der Waals surface area contributed by atoms with Gasteiger partial charge in [-0.2, -0.15) is 0 Å². The first kappa shape index (κ1) is 15.0. The van der Waals surface area contributed by atoms with Crippen LogP contribution in [0.5, 0.6) is 0 Å². The lowest BCUT2D eigenvalue weighted by Gasteiger charge is -2.07. The van der Waals surface area contributed by atoms with Crippen molar-refractivity contribution in [1.82, 2.24) is 5.32 Å². The van der Waals surface area contributed by atoms with Gasteiger partial charge in [-0.05, 0) is 37.1 Å². The van der Waals surface area contributed by atoms with E-state index in [4.69, 9.17) is 10.8 Å². The molecule has 0 saturated carbocycles. The summed E-state index contributed by atoms with van der Waals surface area (Å²) in [5.41, 5.74) is 6.92. The summed E-state index contributed by atoms with van der Waals surface area (Å²) in [4.78, 5) is 21.9. The number of carbonyl (C=O) groups excluding carboxylic acids is 1. The second-order valence-electron chi connectivity index (χ2n) is 4.11. The van der Waals surface area contributed by atoms with Gasteiger partial charge in [-0.15, -0.1) is 0 Å². The standard InChI is InChI=1S/C13H19N3O3/c14-8-1-9-15-13(19)16-11-5-2-10(3-6-11)4-7-12(17)18/h2-3,5-6H,1,4,7-9,14H2,(H,17,18)(H2,15,16,19). The number of hydrogen-bond donors (Lipinski definition) is 4. The third-order valence-electron chi connectivity index (χ3n) is 2.51. The van der Waals surface area contributed by atoms with E-state index < -0.39 is 5.97 Å². The smallest absolute Gasteiger partial charge is 0.319 e. The van der Waals surface area contributed by atoms with Crippen molar-refractivity contribution in [1.29, 1.82) is 0 Å². The fourth-order valence-corrected chi connectivity index (χ4v) is 1.49. The van der Waals surface area contributed by atoms with E-state index in [0.717, 1.165) is 12.0 Å². The van der Waals surface area contributed by atoms with E-state index in [2.05, 4.69) is 10.6 Å². The van der Waals surface area contributed by atoms with Gasteiger partial charge in [-0.25, -0.2) is 4.79 Å². The number of carboxylic acid groups (broad SMARTS) is 1. The van der Waals surface area contributed by atoms with Gasteiger partial charge in [-0.1, -0.05) is 12.1 Å². The van der Waals surface area contributed by atoms with Crippen molar-refractivity contribution in [2.24, 2.45) is 5.73 Å². The number of aliphatic carboxylic acids is 1. The Hall–Kier alpha value is -2.08. The van der Waals surface area contributed by atoms with Crippen LogP contribution in [0.4, 0.5) is 10.5 Å². The molecule has 0 fully saturated rings. The molecule has 6 heteroatoms. The number of anilines is 1. The molecule has 6 nitrogen and oxygen atoms in total. The van der Waals surface area contributed by atoms with Crippen molar-refractivity contribution in [2.45, 2.75) is 19.3 Å². The zero-order chi connectivity index (χ0) is 14.1. The Labute approximate surface area is 112 Å². The molecule has 0 aliphatic rings. The van der Waals surface area contributed by atoms with E-state index in [0.29, 0.717) is 25.2 Å². The second-order valence-corrected chi connectivity index (χ2v) is 4.11. The van der Waals surface area contributed by atoms with Gasteiger partial charge in [0.15, 0.2) is 0 Å². The van der Waals surface area contributed by atoms with Crippen LogP contribution in [0, 0.1) is 0 Å². The number of nitrogens with one attached hydrogen (secondary N) is 2. The van der Waals surface area contributed by atoms with E-state index in [1.165, 1.54) is 0 Å². The number of nitrogens with two attached hydrogens (primary N) is 1. The molecule has 0 aromatic heterocycles. The van der Waals surface area contributed by atoms with Crippen molar-refractivity contribution < 1.29 is 14.7 Å². The molecule has 0 atom stereocenters. The van der Waals surface area contributed by atoms with Crippen LogP contribution >= 0.6 is 0 Å². The number of aryl methyl sites for hydroxylation is 1. The molecule has 0 bridgehead atoms. The van der Waals surface area contributed by atoms with Crippen molar-refractivity contribution in [3.05, 3.63) is 29.8 Å². The Kier molecular flexibility index (Phi) is 6.38. The van der Waals surface area contributed by atoms with E-state index in [1.54, 1.807) is 24.3 Å². The minimum Gasteiger partial charge on any atom is -0.481 e. The molecular weight excluding hydrogens is 246 g/mol. The first-order valence-corrected chi connectivity index (χ1v) is 6.17. The van der Waals surface area contributed by atoms with Crippen molar-refractivity contribution in [3.63, 3.8) is 0 Å². The molecule has 0 radical (unpaired) electrons. The normalized spacial score (nSPS) is 9.95. The van der Waals surface area contributed by atoms with Crippen LogP contribution in [-0.4, -0.2) is 30.2 Å². The van der Waals surface area contributed by atoms with E-state index in [-0.39, 0.29) is 12.5 Å². The summed E-state index contributed by atoms with van der Waals surface area (Å²) >= 11 is 0. The predicted molar refractivity (Wildman–Crippen MR) is 73.1 cm³/mol. The molecule has 19 heavy (non-hydrogen) atoms. The fraction of sp³-hybridized carbons (Fsp3) is 0.385. The summed E-state index contributed by atoms with van der Waals surface area (Å²) < 4.78 is 0. The monoisotopic (exact) mass is 265 g/mol. The van der Waals surface area contributed by atoms with Crippen LogP contribution in [0.15, 0.2) is 24.3 Å². The molecule has 0 saturated heterocycles. The molecule has 1 aromatic rings. The summed E-state index contributed by atoms with van der Waals surface area (Å²) in [6.45, 7) is 1.08. The lowest BCUT2D eigenvalue weighted by molar-refractivity contribution is -0.136. The van der Waals surface area contributed by atoms with Crippen molar-refractivity contribution >= 4 is 17.7 Å². The Bertz CT molecular complexity index is 418. The minimum absolute atomic E-state index is 0.104. The number of benzene rings is 1. The highest BCUT2D eigenvalue weighted by molar-refractivity contribution is 5.89. The maximum Gasteiger partial charge on any atom is 0.319 e. The third kappa shape index (κ3) is 6.42. The summed E-state index contributed by atoms with van der Waals surface area (Å²) in [5.74, 6) is -0.818. The van der Waals surface area contributed by atoms with Crippen LogP contribution in [0.2, 0.25) is 0 Å². The van der Waals surface area contributed by atoms with Crippen molar-refractivity contribution in [2.75, 3.05) is 18.4 Å². The van der Waals surface area contributed by atoms with Gasteiger partial charge in [-0.3, -0.25) is 4.79 Å². The van der Waals surface area contributed by atoms with Gasteiger partial charge >= 0.3 is 12.0 Å². The predicted octanol–water partition coefficient (Wildman–Crippen LogP) is 1.17. The number of carboxylic acids is 1. The molecular formula is C13H19N3O3. The second kappa shape index (κ2) is 8.10. The number of amides is 2. The maximum atomic E-state index is 11.4. The third-order valence-corrected chi connectivity index (χ3v) is 2.51. The van der Waals surface area contributed by atoms with Crippen LogP contribution in [0.25, 0.3) is 0 Å². The Morgan fingerprint density at radius 3 is 2.47 bits per heavy atom.